The molecule has 1 aliphatic carbocycles. The average Bonchev–Trinajstić information content (AvgIpc) is 2.49. The monoisotopic (exact) mass is 251 g/mol. The van der Waals surface area contributed by atoms with Crippen molar-refractivity contribution in [3.05, 3.63) is 47.5 Å². The first-order valence-corrected chi connectivity index (χ1v) is 7.68. The Bertz CT molecular complexity index is 590. The van der Waals surface area contributed by atoms with Crippen LogP contribution in [0.1, 0.15) is 42.9 Å². The number of likely N-dealkylation sites (tertiary alicyclic amines) is 1. The molecule has 1 fully saturated rings. The van der Waals surface area contributed by atoms with Crippen LogP contribution >= 0.6 is 0 Å². The third kappa shape index (κ3) is 1.88. The summed E-state index contributed by atoms with van der Waals surface area (Å²) in [5, 5.41) is 2.98. The first-order chi connectivity index (χ1) is 9.43. The van der Waals surface area contributed by atoms with E-state index < -0.39 is 0 Å². The van der Waals surface area contributed by atoms with Crippen LogP contribution in [0.4, 0.5) is 0 Å². The van der Waals surface area contributed by atoms with Gasteiger partial charge in [-0.3, -0.25) is 4.90 Å². The predicted molar refractivity (Wildman–Crippen MR) is 80.4 cm³/mol. The van der Waals surface area contributed by atoms with Gasteiger partial charge in [0.05, 0.1) is 0 Å². The zero-order valence-corrected chi connectivity index (χ0v) is 11.4. The SMILES string of the molecule is c1cc2c3c(cccc3c1)C(N1CCCCC1)CC2. The largest absolute Gasteiger partial charge is 0.296 e. The highest BCUT2D eigenvalue weighted by Gasteiger charge is 2.27. The second-order valence-corrected chi connectivity index (χ2v) is 6.01. The van der Waals surface area contributed by atoms with E-state index in [9.17, 15) is 0 Å². The molecule has 1 heteroatoms. The molecule has 2 aromatic rings. The minimum atomic E-state index is 0.666. The summed E-state index contributed by atoms with van der Waals surface area (Å²) in [6.45, 7) is 2.59. The summed E-state index contributed by atoms with van der Waals surface area (Å²) in [6, 6.07) is 14.3. The van der Waals surface area contributed by atoms with E-state index in [0.717, 1.165) is 0 Å². The van der Waals surface area contributed by atoms with Crippen LogP contribution in [0.5, 0.6) is 0 Å². The molecule has 0 radical (unpaired) electrons. The zero-order valence-electron chi connectivity index (χ0n) is 11.4. The van der Waals surface area contributed by atoms with Crippen molar-refractivity contribution in [2.24, 2.45) is 0 Å². The Morgan fingerprint density at radius 1 is 0.895 bits per heavy atom. The summed E-state index contributed by atoms with van der Waals surface area (Å²) in [7, 11) is 0. The quantitative estimate of drug-likeness (QED) is 0.730. The normalized spacial score (nSPS) is 23.7. The van der Waals surface area contributed by atoms with Gasteiger partial charge in [-0.2, -0.15) is 0 Å². The van der Waals surface area contributed by atoms with Crippen LogP contribution in [0.3, 0.4) is 0 Å². The van der Waals surface area contributed by atoms with Crippen molar-refractivity contribution >= 4 is 10.8 Å². The minimum absolute atomic E-state index is 0.666. The molecule has 1 heterocycles. The zero-order chi connectivity index (χ0) is 12.7. The molecule has 0 bridgehead atoms. The van der Waals surface area contributed by atoms with Gasteiger partial charge in [0.2, 0.25) is 0 Å². The molecule has 2 aliphatic rings. The van der Waals surface area contributed by atoms with E-state index in [-0.39, 0.29) is 0 Å². The Hall–Kier alpha value is -1.34. The molecule has 0 aromatic heterocycles. The van der Waals surface area contributed by atoms with Crippen molar-refractivity contribution < 1.29 is 0 Å². The fraction of sp³-hybridized carbons (Fsp3) is 0.444. The van der Waals surface area contributed by atoms with Gasteiger partial charge in [-0.15, -0.1) is 0 Å². The summed E-state index contributed by atoms with van der Waals surface area (Å²) >= 11 is 0. The lowest BCUT2D eigenvalue weighted by atomic mass is 9.84. The Morgan fingerprint density at radius 3 is 2.53 bits per heavy atom. The smallest absolute Gasteiger partial charge is 0.0357 e. The maximum atomic E-state index is 2.73. The highest BCUT2D eigenvalue weighted by molar-refractivity contribution is 5.90. The summed E-state index contributed by atoms with van der Waals surface area (Å²) < 4.78 is 0. The molecule has 1 atom stereocenters. The summed E-state index contributed by atoms with van der Waals surface area (Å²) in [5.41, 5.74) is 3.14. The predicted octanol–water partition coefficient (Wildman–Crippen LogP) is 4.31. The lowest BCUT2D eigenvalue weighted by Crippen LogP contribution is -2.35. The maximum Gasteiger partial charge on any atom is 0.0357 e. The van der Waals surface area contributed by atoms with Gasteiger partial charge >= 0.3 is 0 Å². The van der Waals surface area contributed by atoms with Crippen LogP contribution in [0.15, 0.2) is 36.4 Å². The van der Waals surface area contributed by atoms with Crippen molar-refractivity contribution in [1.29, 1.82) is 0 Å². The number of nitrogens with zero attached hydrogens (tertiary/aromatic N) is 1. The van der Waals surface area contributed by atoms with Crippen molar-refractivity contribution in [3.63, 3.8) is 0 Å². The molecule has 0 spiro atoms. The van der Waals surface area contributed by atoms with Crippen molar-refractivity contribution in [3.8, 4) is 0 Å². The summed E-state index contributed by atoms with van der Waals surface area (Å²) in [5.74, 6) is 0. The van der Waals surface area contributed by atoms with E-state index in [0.29, 0.717) is 6.04 Å². The first kappa shape index (κ1) is 11.5. The van der Waals surface area contributed by atoms with E-state index in [4.69, 9.17) is 0 Å². The molecule has 98 valence electrons. The molecular weight excluding hydrogens is 230 g/mol. The Kier molecular flexibility index (Phi) is 2.81. The van der Waals surface area contributed by atoms with E-state index in [2.05, 4.69) is 41.3 Å². The number of benzene rings is 2. The van der Waals surface area contributed by atoms with Gasteiger partial charge in [0, 0.05) is 6.04 Å². The van der Waals surface area contributed by atoms with Crippen LogP contribution < -0.4 is 0 Å². The van der Waals surface area contributed by atoms with Crippen LogP contribution in [0.2, 0.25) is 0 Å². The Morgan fingerprint density at radius 2 is 1.68 bits per heavy atom. The molecule has 1 aliphatic heterocycles. The lowest BCUT2D eigenvalue weighted by molar-refractivity contribution is 0.155. The Balaban J connectivity index is 1.82. The number of rotatable bonds is 1. The molecule has 2 aromatic carbocycles. The lowest BCUT2D eigenvalue weighted by Gasteiger charge is -2.38. The minimum Gasteiger partial charge on any atom is -0.296 e. The molecule has 0 amide bonds. The van der Waals surface area contributed by atoms with Gasteiger partial charge in [0.1, 0.15) is 0 Å². The Labute approximate surface area is 115 Å². The van der Waals surface area contributed by atoms with Crippen LogP contribution in [0, 0.1) is 0 Å². The second-order valence-electron chi connectivity index (χ2n) is 6.01. The van der Waals surface area contributed by atoms with Gasteiger partial charge < -0.3 is 0 Å². The molecule has 1 nitrogen and oxygen atoms in total. The van der Waals surface area contributed by atoms with E-state index in [1.54, 1.807) is 16.5 Å². The van der Waals surface area contributed by atoms with Crippen molar-refractivity contribution in [2.45, 2.75) is 38.1 Å². The van der Waals surface area contributed by atoms with Crippen LogP contribution in [0.25, 0.3) is 10.8 Å². The number of hydrogen-bond donors (Lipinski definition) is 0. The molecule has 4 rings (SSSR count). The van der Waals surface area contributed by atoms with Gasteiger partial charge in [0.15, 0.2) is 0 Å². The van der Waals surface area contributed by atoms with Gasteiger partial charge in [-0.25, -0.2) is 0 Å². The first-order valence-electron chi connectivity index (χ1n) is 7.68. The van der Waals surface area contributed by atoms with Crippen molar-refractivity contribution in [2.75, 3.05) is 13.1 Å². The second kappa shape index (κ2) is 4.64. The third-order valence-electron chi connectivity index (χ3n) is 4.90. The topological polar surface area (TPSA) is 3.24 Å². The molecular formula is C18H21N. The average molecular weight is 251 g/mol. The molecule has 1 unspecified atom stereocenters. The van der Waals surface area contributed by atoms with E-state index >= 15 is 0 Å². The molecule has 0 saturated carbocycles. The number of hydrogen-bond acceptors (Lipinski definition) is 1. The fourth-order valence-electron chi connectivity index (χ4n) is 3.99. The van der Waals surface area contributed by atoms with E-state index in [1.165, 1.54) is 50.6 Å². The summed E-state index contributed by atoms with van der Waals surface area (Å²) in [4.78, 5) is 2.73. The maximum absolute atomic E-state index is 2.73. The molecule has 19 heavy (non-hydrogen) atoms. The number of piperidine rings is 1. The standard InChI is InChI=1S/C18H21N/c1-2-12-19(13-3-1)17-11-10-15-7-4-6-14-8-5-9-16(17)18(14)15/h4-9,17H,1-3,10-13H2. The highest BCUT2D eigenvalue weighted by atomic mass is 15.2. The summed E-state index contributed by atoms with van der Waals surface area (Å²) in [6.07, 6.45) is 6.73. The van der Waals surface area contributed by atoms with Crippen molar-refractivity contribution in [1.82, 2.24) is 4.90 Å². The van der Waals surface area contributed by atoms with Gasteiger partial charge in [-0.1, -0.05) is 42.8 Å². The number of aryl methyl sites for hydroxylation is 1. The van der Waals surface area contributed by atoms with Gasteiger partial charge in [-0.05, 0) is 60.7 Å². The van der Waals surface area contributed by atoms with Gasteiger partial charge in [0.25, 0.3) is 0 Å². The molecule has 1 saturated heterocycles. The van der Waals surface area contributed by atoms with Crippen LogP contribution in [-0.4, -0.2) is 18.0 Å². The third-order valence-corrected chi connectivity index (χ3v) is 4.90. The van der Waals surface area contributed by atoms with Crippen LogP contribution in [-0.2, 0) is 6.42 Å². The fourth-order valence-corrected chi connectivity index (χ4v) is 3.99. The molecule has 0 N–H and O–H groups in total. The van der Waals surface area contributed by atoms with E-state index in [1.807, 2.05) is 0 Å². The highest BCUT2D eigenvalue weighted by Crippen LogP contribution is 2.39.